The van der Waals surface area contributed by atoms with Crippen LogP contribution in [0.4, 0.5) is 0 Å². The van der Waals surface area contributed by atoms with Gasteiger partial charge in [-0.2, -0.15) is 0 Å². The van der Waals surface area contributed by atoms with Crippen LogP contribution in [0.3, 0.4) is 0 Å². The Morgan fingerprint density at radius 3 is 2.61 bits per heavy atom. The molecule has 94 valence electrons. The summed E-state index contributed by atoms with van der Waals surface area (Å²) < 4.78 is 5.36. The van der Waals surface area contributed by atoms with Gasteiger partial charge >= 0.3 is 0 Å². The van der Waals surface area contributed by atoms with Crippen molar-refractivity contribution in [2.75, 3.05) is 7.11 Å². The van der Waals surface area contributed by atoms with Gasteiger partial charge in [-0.1, -0.05) is 18.2 Å². The van der Waals surface area contributed by atoms with Crippen molar-refractivity contribution in [1.82, 2.24) is 10.4 Å². The van der Waals surface area contributed by atoms with Crippen molar-refractivity contribution in [1.29, 1.82) is 0 Å². The van der Waals surface area contributed by atoms with Crippen molar-refractivity contribution in [3.05, 3.63) is 59.9 Å². The van der Waals surface area contributed by atoms with Gasteiger partial charge < -0.3 is 4.74 Å². The van der Waals surface area contributed by atoms with E-state index in [2.05, 4.69) is 10.4 Å². The highest BCUT2D eigenvalue weighted by atomic mass is 16.5. The van der Waals surface area contributed by atoms with Crippen LogP contribution in [-0.2, 0) is 6.42 Å². The highest BCUT2D eigenvalue weighted by Gasteiger charge is 2.14. The molecule has 4 nitrogen and oxygen atoms in total. The van der Waals surface area contributed by atoms with E-state index in [1.54, 1.807) is 19.5 Å². The maximum atomic E-state index is 5.66. The van der Waals surface area contributed by atoms with Crippen LogP contribution in [-0.4, -0.2) is 12.1 Å². The van der Waals surface area contributed by atoms with Gasteiger partial charge in [0.2, 0.25) is 0 Å². The minimum atomic E-state index is 0.0172. The summed E-state index contributed by atoms with van der Waals surface area (Å²) in [5.74, 6) is 6.50. The second kappa shape index (κ2) is 6.14. The number of hydrogen-bond acceptors (Lipinski definition) is 4. The van der Waals surface area contributed by atoms with Gasteiger partial charge in [-0.15, -0.1) is 0 Å². The monoisotopic (exact) mass is 243 g/mol. The van der Waals surface area contributed by atoms with Gasteiger partial charge in [-0.3, -0.25) is 16.3 Å². The van der Waals surface area contributed by atoms with E-state index in [1.807, 2.05) is 36.4 Å². The molecule has 18 heavy (non-hydrogen) atoms. The fraction of sp³-hybridized carbons (Fsp3) is 0.214. The van der Waals surface area contributed by atoms with Crippen LogP contribution in [0, 0.1) is 0 Å². The molecular weight excluding hydrogens is 226 g/mol. The number of benzene rings is 1. The van der Waals surface area contributed by atoms with Crippen molar-refractivity contribution < 1.29 is 4.74 Å². The van der Waals surface area contributed by atoms with E-state index < -0.39 is 0 Å². The normalized spacial score (nSPS) is 12.1. The number of para-hydroxylation sites is 1. The molecule has 1 atom stereocenters. The third-order valence-electron chi connectivity index (χ3n) is 2.90. The molecule has 2 aromatic rings. The number of rotatable bonds is 5. The molecule has 0 amide bonds. The molecule has 1 aromatic heterocycles. The zero-order chi connectivity index (χ0) is 12.8. The lowest BCUT2D eigenvalue weighted by molar-refractivity contribution is 0.399. The molecule has 4 heteroatoms. The summed E-state index contributed by atoms with van der Waals surface area (Å²) in [7, 11) is 1.67. The van der Waals surface area contributed by atoms with E-state index in [9.17, 15) is 0 Å². The Morgan fingerprint density at radius 2 is 1.94 bits per heavy atom. The van der Waals surface area contributed by atoms with Gasteiger partial charge in [-0.25, -0.2) is 0 Å². The number of aromatic nitrogens is 1. The highest BCUT2D eigenvalue weighted by molar-refractivity contribution is 5.36. The fourth-order valence-electron chi connectivity index (χ4n) is 1.97. The molecule has 1 unspecified atom stereocenters. The Morgan fingerprint density at radius 1 is 1.22 bits per heavy atom. The molecular formula is C14H17N3O. The Labute approximate surface area is 107 Å². The molecule has 0 saturated heterocycles. The van der Waals surface area contributed by atoms with Gasteiger partial charge in [0.25, 0.3) is 0 Å². The number of nitrogens with zero attached hydrogens (tertiary/aromatic N) is 1. The van der Waals surface area contributed by atoms with Crippen molar-refractivity contribution in [2.24, 2.45) is 5.84 Å². The first kappa shape index (κ1) is 12.5. The van der Waals surface area contributed by atoms with Crippen LogP contribution in [0.25, 0.3) is 0 Å². The predicted octanol–water partition coefficient (Wildman–Crippen LogP) is 1.84. The van der Waals surface area contributed by atoms with Crippen molar-refractivity contribution in [3.8, 4) is 5.75 Å². The van der Waals surface area contributed by atoms with Gasteiger partial charge in [0, 0.05) is 18.0 Å². The first-order valence-electron chi connectivity index (χ1n) is 5.83. The lowest BCUT2D eigenvalue weighted by Gasteiger charge is -2.19. The maximum absolute atomic E-state index is 5.66. The van der Waals surface area contributed by atoms with Crippen LogP contribution < -0.4 is 16.0 Å². The lowest BCUT2D eigenvalue weighted by Crippen LogP contribution is -2.29. The number of hydrogen-bond donors (Lipinski definition) is 2. The maximum Gasteiger partial charge on any atom is 0.123 e. The molecule has 1 aromatic carbocycles. The Balaban J connectivity index is 2.23. The third kappa shape index (κ3) is 2.85. The van der Waals surface area contributed by atoms with Gasteiger partial charge in [0.15, 0.2) is 0 Å². The molecule has 0 radical (unpaired) electrons. The number of ether oxygens (including phenoxy) is 1. The molecule has 0 saturated carbocycles. The molecule has 0 aliphatic heterocycles. The minimum absolute atomic E-state index is 0.0172. The third-order valence-corrected chi connectivity index (χ3v) is 2.90. The summed E-state index contributed by atoms with van der Waals surface area (Å²) in [6, 6.07) is 11.9. The highest BCUT2D eigenvalue weighted by Crippen LogP contribution is 2.26. The number of hydrazine groups is 1. The summed E-state index contributed by atoms with van der Waals surface area (Å²) in [5, 5.41) is 0. The van der Waals surface area contributed by atoms with Crippen LogP contribution in [0.2, 0.25) is 0 Å². The van der Waals surface area contributed by atoms with Gasteiger partial charge in [0.05, 0.1) is 13.2 Å². The summed E-state index contributed by atoms with van der Waals surface area (Å²) in [5.41, 5.74) is 5.08. The second-order valence-corrected chi connectivity index (χ2v) is 4.02. The Kier molecular flexibility index (Phi) is 4.28. The Hall–Kier alpha value is -1.91. The summed E-state index contributed by atoms with van der Waals surface area (Å²) >= 11 is 0. The van der Waals surface area contributed by atoms with Crippen LogP contribution in [0.5, 0.6) is 5.75 Å². The van der Waals surface area contributed by atoms with E-state index in [0.717, 1.165) is 17.7 Å². The molecule has 0 spiro atoms. The fourth-order valence-corrected chi connectivity index (χ4v) is 1.97. The molecule has 0 aliphatic rings. The van der Waals surface area contributed by atoms with Crippen molar-refractivity contribution in [2.45, 2.75) is 12.5 Å². The van der Waals surface area contributed by atoms with Crippen LogP contribution in [0.1, 0.15) is 17.2 Å². The van der Waals surface area contributed by atoms with Gasteiger partial charge in [0.1, 0.15) is 5.75 Å². The summed E-state index contributed by atoms with van der Waals surface area (Å²) in [6.07, 6.45) is 4.36. The van der Waals surface area contributed by atoms with E-state index in [4.69, 9.17) is 10.6 Å². The molecule has 0 bridgehead atoms. The van der Waals surface area contributed by atoms with Crippen LogP contribution in [0.15, 0.2) is 48.8 Å². The van der Waals surface area contributed by atoms with E-state index in [1.165, 1.54) is 5.56 Å². The SMILES string of the molecule is COc1ccccc1C(Cc1ccncc1)NN. The molecule has 3 N–H and O–H groups in total. The van der Waals surface area contributed by atoms with E-state index in [-0.39, 0.29) is 6.04 Å². The average Bonchev–Trinajstić information content (AvgIpc) is 2.46. The van der Waals surface area contributed by atoms with Gasteiger partial charge in [-0.05, 0) is 30.2 Å². The quantitative estimate of drug-likeness (QED) is 0.621. The first-order valence-corrected chi connectivity index (χ1v) is 5.83. The average molecular weight is 243 g/mol. The number of methoxy groups -OCH3 is 1. The van der Waals surface area contributed by atoms with Crippen LogP contribution >= 0.6 is 0 Å². The minimum Gasteiger partial charge on any atom is -0.496 e. The topological polar surface area (TPSA) is 60.2 Å². The lowest BCUT2D eigenvalue weighted by atomic mass is 9.99. The van der Waals surface area contributed by atoms with Crippen molar-refractivity contribution in [3.63, 3.8) is 0 Å². The number of pyridine rings is 1. The first-order chi connectivity index (χ1) is 8.85. The van der Waals surface area contributed by atoms with E-state index >= 15 is 0 Å². The molecule has 2 rings (SSSR count). The molecule has 0 aliphatic carbocycles. The summed E-state index contributed by atoms with van der Waals surface area (Å²) in [6.45, 7) is 0. The predicted molar refractivity (Wildman–Crippen MR) is 71.0 cm³/mol. The largest absolute Gasteiger partial charge is 0.496 e. The second-order valence-electron chi connectivity index (χ2n) is 4.02. The van der Waals surface area contributed by atoms with E-state index in [0.29, 0.717) is 0 Å². The number of nitrogens with two attached hydrogens (primary N) is 1. The molecule has 0 fully saturated rings. The smallest absolute Gasteiger partial charge is 0.123 e. The Bertz CT molecular complexity index is 487. The molecule has 1 heterocycles. The zero-order valence-electron chi connectivity index (χ0n) is 10.3. The van der Waals surface area contributed by atoms with Crippen molar-refractivity contribution >= 4 is 0 Å². The standard InChI is InChI=1S/C14H17N3O/c1-18-14-5-3-2-4-12(14)13(17-15)10-11-6-8-16-9-7-11/h2-9,13,17H,10,15H2,1H3. The summed E-state index contributed by atoms with van der Waals surface area (Å²) in [4.78, 5) is 4.01. The zero-order valence-corrected chi connectivity index (χ0v) is 10.3. The number of nitrogens with one attached hydrogen (secondary N) is 1.